The van der Waals surface area contributed by atoms with Crippen LogP contribution in [-0.2, 0) is 16.4 Å². The number of benzene rings is 1. The summed E-state index contributed by atoms with van der Waals surface area (Å²) in [4.78, 5) is 0. The fourth-order valence-electron chi connectivity index (χ4n) is 3.03. The number of hydrogen-bond acceptors (Lipinski definition) is 4. The Kier molecular flexibility index (Phi) is 5.34. The van der Waals surface area contributed by atoms with E-state index in [9.17, 15) is 0 Å². The van der Waals surface area contributed by atoms with Crippen molar-refractivity contribution in [3.05, 3.63) is 30.5 Å². The van der Waals surface area contributed by atoms with Crippen LogP contribution in [0.3, 0.4) is 0 Å². The second-order valence-electron chi connectivity index (χ2n) is 10.6. The van der Waals surface area contributed by atoms with Crippen LogP contribution < -0.4 is 9.89 Å². The van der Waals surface area contributed by atoms with Crippen LogP contribution in [0.5, 0.6) is 5.75 Å². The van der Waals surface area contributed by atoms with Gasteiger partial charge in [0.1, 0.15) is 5.75 Å². The number of hydrogen-bond donors (Lipinski definition) is 0. The number of aromatic nitrogens is 2. The molecule has 0 N–H and O–H groups in total. The van der Waals surface area contributed by atoms with Crippen molar-refractivity contribution in [1.82, 2.24) is 9.78 Å². The van der Waals surface area contributed by atoms with E-state index in [2.05, 4.69) is 73.7 Å². The molecule has 1 aromatic heterocycles. The molecular formula is C22H35BN2O3Si. The lowest BCUT2D eigenvalue weighted by molar-refractivity contribution is 0.00578. The Hall–Kier alpha value is -1.57. The monoisotopic (exact) mass is 414 g/mol. The van der Waals surface area contributed by atoms with Gasteiger partial charge in [-0.05, 0) is 58.0 Å². The second-order valence-corrected chi connectivity index (χ2v) is 15.3. The van der Waals surface area contributed by atoms with E-state index in [1.165, 1.54) is 0 Å². The Balaban J connectivity index is 1.96. The Morgan fingerprint density at radius 2 is 1.66 bits per heavy atom. The highest BCUT2D eigenvalue weighted by molar-refractivity contribution is 6.74. The van der Waals surface area contributed by atoms with Crippen molar-refractivity contribution in [2.75, 3.05) is 0 Å². The summed E-state index contributed by atoms with van der Waals surface area (Å²) in [6.45, 7) is 19.5. The molecule has 0 radical (unpaired) electrons. The first-order valence-electron chi connectivity index (χ1n) is 10.3. The molecule has 0 atom stereocenters. The first-order valence-corrected chi connectivity index (χ1v) is 13.2. The van der Waals surface area contributed by atoms with Gasteiger partial charge in [0, 0.05) is 24.3 Å². The van der Waals surface area contributed by atoms with E-state index < -0.39 is 26.6 Å². The highest BCUT2D eigenvalue weighted by Gasteiger charge is 2.52. The Morgan fingerprint density at radius 1 is 1.07 bits per heavy atom. The van der Waals surface area contributed by atoms with Gasteiger partial charge in [-0.25, -0.2) is 0 Å². The number of rotatable bonds is 4. The van der Waals surface area contributed by atoms with Gasteiger partial charge >= 0.3 is 7.12 Å². The first-order chi connectivity index (χ1) is 13.1. The summed E-state index contributed by atoms with van der Waals surface area (Å²) in [5, 5.41) is 4.86. The minimum absolute atomic E-state index is 0.141. The maximum atomic E-state index is 6.51. The molecule has 158 valence electrons. The van der Waals surface area contributed by atoms with Gasteiger partial charge in [0.05, 0.1) is 16.9 Å². The smallest absolute Gasteiger partial charge is 0.498 e. The van der Waals surface area contributed by atoms with Gasteiger partial charge in [-0.1, -0.05) is 32.9 Å². The molecule has 1 saturated heterocycles. The molecule has 2 aromatic rings. The highest BCUT2D eigenvalue weighted by Crippen LogP contribution is 2.39. The van der Waals surface area contributed by atoms with Crippen molar-refractivity contribution in [2.24, 2.45) is 7.05 Å². The zero-order chi connectivity index (χ0) is 21.8. The zero-order valence-electron chi connectivity index (χ0n) is 19.6. The molecule has 7 heteroatoms. The summed E-state index contributed by atoms with van der Waals surface area (Å²) in [6.07, 6.45) is 1.98. The summed E-state index contributed by atoms with van der Waals surface area (Å²) in [7, 11) is -0.442. The molecule has 0 unspecified atom stereocenters. The van der Waals surface area contributed by atoms with Gasteiger partial charge in [-0.3, -0.25) is 4.68 Å². The average molecular weight is 414 g/mol. The molecule has 1 aliphatic heterocycles. The normalized spacial score (nSPS) is 18.9. The van der Waals surface area contributed by atoms with E-state index in [4.69, 9.17) is 18.8 Å². The summed E-state index contributed by atoms with van der Waals surface area (Å²) >= 11 is 0. The van der Waals surface area contributed by atoms with Crippen LogP contribution in [0.15, 0.2) is 30.5 Å². The molecule has 0 aliphatic carbocycles. The van der Waals surface area contributed by atoms with Crippen LogP contribution in [0.4, 0.5) is 0 Å². The van der Waals surface area contributed by atoms with Gasteiger partial charge in [0.25, 0.3) is 0 Å². The first kappa shape index (κ1) is 22.1. The fraction of sp³-hybridized carbons (Fsp3) is 0.591. The van der Waals surface area contributed by atoms with Gasteiger partial charge in [-0.15, -0.1) is 0 Å². The molecule has 1 fully saturated rings. The Bertz CT molecular complexity index is 884. The predicted molar refractivity (Wildman–Crippen MR) is 122 cm³/mol. The lowest BCUT2D eigenvalue weighted by Gasteiger charge is -2.36. The zero-order valence-corrected chi connectivity index (χ0v) is 20.6. The highest BCUT2D eigenvalue weighted by atomic mass is 28.4. The maximum Gasteiger partial charge on any atom is 0.498 e. The van der Waals surface area contributed by atoms with E-state index in [1.807, 2.05) is 30.1 Å². The van der Waals surface area contributed by atoms with Crippen LogP contribution >= 0.6 is 0 Å². The third-order valence-electron chi connectivity index (χ3n) is 6.65. The summed E-state index contributed by atoms with van der Waals surface area (Å²) in [6, 6.07) is 8.20. The molecule has 0 spiro atoms. The SMILES string of the molecule is Cn1cc(B2OC(C)(C)C(C)(C)O2)c(-c2cccc(O[Si](C)(C)C(C)(C)C)c2)n1. The molecule has 1 aromatic carbocycles. The van der Waals surface area contributed by atoms with Crippen molar-refractivity contribution < 1.29 is 13.7 Å². The minimum Gasteiger partial charge on any atom is -0.543 e. The standard InChI is InChI=1S/C22H35BN2O3Si/c1-20(2,3)29(9,10)26-17-13-11-12-16(14-17)19-18(15-25(8)24-19)23-27-21(4,5)22(6,7)28-23/h11-15H,1-10H3. The summed E-state index contributed by atoms with van der Waals surface area (Å²) in [5.41, 5.74) is 2.03. The van der Waals surface area contributed by atoms with E-state index in [0.717, 1.165) is 22.5 Å². The molecule has 0 saturated carbocycles. The second kappa shape index (κ2) is 7.00. The maximum absolute atomic E-state index is 6.51. The topological polar surface area (TPSA) is 45.5 Å². The van der Waals surface area contributed by atoms with E-state index in [0.29, 0.717) is 0 Å². The largest absolute Gasteiger partial charge is 0.543 e. The number of aryl methyl sites for hydroxylation is 1. The van der Waals surface area contributed by atoms with Crippen LogP contribution in [-0.4, -0.2) is 36.4 Å². The molecule has 1 aliphatic rings. The lowest BCUT2D eigenvalue weighted by atomic mass is 9.78. The van der Waals surface area contributed by atoms with E-state index >= 15 is 0 Å². The van der Waals surface area contributed by atoms with Crippen molar-refractivity contribution >= 4 is 20.9 Å². The van der Waals surface area contributed by atoms with Crippen LogP contribution in [0.2, 0.25) is 18.1 Å². The summed E-state index contributed by atoms with van der Waals surface area (Å²) < 4.78 is 20.9. The summed E-state index contributed by atoms with van der Waals surface area (Å²) in [5.74, 6) is 0.889. The average Bonchev–Trinajstić information content (AvgIpc) is 3.03. The van der Waals surface area contributed by atoms with E-state index in [-0.39, 0.29) is 5.04 Å². The Morgan fingerprint density at radius 3 is 2.21 bits per heavy atom. The third-order valence-corrected chi connectivity index (χ3v) is 11.0. The molecule has 0 bridgehead atoms. The van der Waals surface area contributed by atoms with Gasteiger partial charge in [-0.2, -0.15) is 5.10 Å². The minimum atomic E-state index is -1.92. The van der Waals surface area contributed by atoms with Crippen LogP contribution in [0.1, 0.15) is 48.5 Å². The molecule has 3 rings (SSSR count). The fourth-order valence-corrected chi connectivity index (χ4v) is 4.05. The molecule has 0 amide bonds. The third kappa shape index (κ3) is 4.18. The van der Waals surface area contributed by atoms with Gasteiger partial charge in [0.2, 0.25) is 8.32 Å². The number of nitrogens with zero attached hydrogens (tertiary/aromatic N) is 2. The van der Waals surface area contributed by atoms with Gasteiger partial charge < -0.3 is 13.7 Å². The van der Waals surface area contributed by atoms with Crippen molar-refractivity contribution in [3.63, 3.8) is 0 Å². The molecule has 5 nitrogen and oxygen atoms in total. The molecule has 29 heavy (non-hydrogen) atoms. The lowest BCUT2D eigenvalue weighted by Crippen LogP contribution is -2.43. The van der Waals surface area contributed by atoms with E-state index in [1.54, 1.807) is 0 Å². The van der Waals surface area contributed by atoms with Crippen molar-refractivity contribution in [1.29, 1.82) is 0 Å². The predicted octanol–water partition coefficient (Wildman–Crippen LogP) is 4.77. The molecule has 2 heterocycles. The Labute approximate surface area is 177 Å². The van der Waals surface area contributed by atoms with Crippen LogP contribution in [0.25, 0.3) is 11.3 Å². The quantitative estimate of drug-likeness (QED) is 0.676. The van der Waals surface area contributed by atoms with Gasteiger partial charge in [0.15, 0.2) is 0 Å². The van der Waals surface area contributed by atoms with Crippen molar-refractivity contribution in [3.8, 4) is 17.0 Å². The van der Waals surface area contributed by atoms with Crippen LogP contribution in [0, 0.1) is 0 Å². The molecular weight excluding hydrogens is 379 g/mol. The van der Waals surface area contributed by atoms with Crippen molar-refractivity contribution in [2.45, 2.75) is 77.8 Å².